The number of nitrogens with one attached hydrogen (secondary N) is 1. The molecule has 0 bridgehead atoms. The van der Waals surface area contributed by atoms with Gasteiger partial charge in [-0.05, 0) is 59.7 Å². The average molecular weight is 520 g/mol. The number of carbonyl (C=O) groups excluding carboxylic acids is 3. The fourth-order valence-corrected chi connectivity index (χ4v) is 4.06. The van der Waals surface area contributed by atoms with Gasteiger partial charge in [0.15, 0.2) is 0 Å². The molecule has 0 aliphatic rings. The van der Waals surface area contributed by atoms with Gasteiger partial charge in [0.2, 0.25) is 0 Å². The van der Waals surface area contributed by atoms with E-state index in [1.54, 1.807) is 52.1 Å². The van der Waals surface area contributed by atoms with E-state index in [4.69, 9.17) is 14.2 Å². The summed E-state index contributed by atoms with van der Waals surface area (Å²) in [5, 5.41) is 2.65. The molecule has 1 N–H and O–H groups in total. The lowest BCUT2D eigenvalue weighted by atomic mass is 10.1. The average Bonchev–Trinajstić information content (AvgIpc) is 3.01. The lowest BCUT2D eigenvalue weighted by Gasteiger charge is -2.23. The minimum Gasteiger partial charge on any atom is -0.464 e. The van der Waals surface area contributed by atoms with Gasteiger partial charge < -0.3 is 23.9 Å². The molecule has 1 atom stereocenters. The van der Waals surface area contributed by atoms with Crippen molar-refractivity contribution in [3.05, 3.63) is 35.9 Å². The quantitative estimate of drug-likeness (QED) is 0.294. The summed E-state index contributed by atoms with van der Waals surface area (Å²) in [5.74, 6) is -0.471. The third-order valence-corrected chi connectivity index (χ3v) is 6.59. The number of pyridine rings is 1. The Bertz CT molecular complexity index is 1080. The maximum Gasteiger partial charge on any atom is 0.408 e. The Balaban J connectivity index is 2.31. The van der Waals surface area contributed by atoms with Crippen LogP contribution in [0.3, 0.4) is 0 Å². The third-order valence-electron chi connectivity index (χ3n) is 4.89. The smallest absolute Gasteiger partial charge is 0.408 e. The predicted octanol–water partition coefficient (Wildman–Crippen LogP) is 4.54. The molecule has 0 spiro atoms. The van der Waals surface area contributed by atoms with Gasteiger partial charge in [-0.1, -0.05) is 25.7 Å². The summed E-state index contributed by atoms with van der Waals surface area (Å²) in [6.07, 6.45) is 1.13. The van der Waals surface area contributed by atoms with E-state index in [0.29, 0.717) is 11.5 Å². The first-order chi connectivity index (χ1) is 16.4. The van der Waals surface area contributed by atoms with Crippen LogP contribution in [0.1, 0.15) is 53.1 Å². The first kappa shape index (κ1) is 29.3. The van der Waals surface area contributed by atoms with Crippen molar-refractivity contribution in [2.24, 2.45) is 0 Å². The highest BCUT2D eigenvalue weighted by molar-refractivity contribution is 6.76. The van der Waals surface area contributed by atoms with Crippen molar-refractivity contribution in [1.29, 1.82) is 0 Å². The normalized spacial score (nSPS) is 13.2. The van der Waals surface area contributed by atoms with E-state index in [1.807, 2.05) is 18.2 Å². The summed E-state index contributed by atoms with van der Waals surface area (Å²) >= 11 is 0. The summed E-state index contributed by atoms with van der Waals surface area (Å²) in [4.78, 5) is 42.7. The number of fused-ring (bicyclic) bond motifs is 1. The number of aromatic nitrogens is 2. The highest BCUT2D eigenvalue weighted by Crippen LogP contribution is 2.18. The van der Waals surface area contributed by atoms with Crippen LogP contribution in [-0.4, -0.2) is 59.3 Å². The van der Waals surface area contributed by atoms with Crippen molar-refractivity contribution in [1.82, 2.24) is 14.7 Å². The van der Waals surface area contributed by atoms with Gasteiger partial charge in [-0.2, -0.15) is 0 Å². The van der Waals surface area contributed by atoms with Gasteiger partial charge in [0.05, 0.1) is 17.8 Å². The van der Waals surface area contributed by atoms with Gasteiger partial charge in [-0.15, -0.1) is 0 Å². The van der Waals surface area contributed by atoms with Crippen molar-refractivity contribution < 1.29 is 28.6 Å². The number of amides is 1. The zero-order valence-electron chi connectivity index (χ0n) is 23.1. The fourth-order valence-electron chi connectivity index (χ4n) is 3.35. The third kappa shape index (κ3) is 10.0. The van der Waals surface area contributed by atoms with Gasteiger partial charge in [0, 0.05) is 20.7 Å². The Morgan fingerprint density at radius 1 is 1.03 bits per heavy atom. The number of carbonyl (C=O) groups is 3. The molecule has 9 nitrogen and oxygen atoms in total. The number of esters is 2. The molecule has 2 heterocycles. The zero-order chi connectivity index (χ0) is 27.3. The summed E-state index contributed by atoms with van der Waals surface area (Å²) in [5.41, 5.74) is -0.0630. The second-order valence-electron chi connectivity index (χ2n) is 12.1. The SMILES string of the molecule is CC(C)(C)OC(=O)Cc1nc(CC(NC(=O)OC(C)(C)C)C(=O)OCC[Si](C)(C)C)c2ccccn12. The second kappa shape index (κ2) is 11.4. The molecular weight excluding hydrogens is 478 g/mol. The molecule has 2 aromatic rings. The van der Waals surface area contributed by atoms with Gasteiger partial charge in [0.1, 0.15) is 29.5 Å². The molecule has 0 radical (unpaired) electrons. The van der Waals surface area contributed by atoms with E-state index in [0.717, 1.165) is 11.6 Å². The molecular formula is C26H41N3O6Si. The first-order valence-corrected chi connectivity index (χ1v) is 16.0. The molecule has 0 saturated carbocycles. The maximum atomic E-state index is 13.0. The molecule has 10 heteroatoms. The van der Waals surface area contributed by atoms with Crippen molar-refractivity contribution in [3.63, 3.8) is 0 Å². The van der Waals surface area contributed by atoms with E-state index in [9.17, 15) is 14.4 Å². The van der Waals surface area contributed by atoms with Crippen LogP contribution in [0.5, 0.6) is 0 Å². The predicted molar refractivity (Wildman–Crippen MR) is 141 cm³/mol. The lowest BCUT2D eigenvalue weighted by molar-refractivity contribution is -0.154. The lowest BCUT2D eigenvalue weighted by Crippen LogP contribution is -2.45. The van der Waals surface area contributed by atoms with Crippen molar-refractivity contribution >= 4 is 31.6 Å². The monoisotopic (exact) mass is 519 g/mol. The highest BCUT2D eigenvalue weighted by Gasteiger charge is 2.29. The van der Waals surface area contributed by atoms with Crippen LogP contribution in [0.15, 0.2) is 24.4 Å². The molecule has 0 aliphatic heterocycles. The topological polar surface area (TPSA) is 108 Å². The molecule has 0 saturated heterocycles. The Labute approximate surface area is 214 Å². The standard InChI is InChI=1S/C26H41N3O6Si/c1-25(2,3)34-22(30)17-21-27-18(20-12-10-11-13-29(20)21)16-19(28-24(32)35-26(4,5)6)23(31)33-14-15-36(7,8)9/h10-13,19H,14-17H2,1-9H3,(H,28,32). The summed E-state index contributed by atoms with van der Waals surface area (Å²) in [6.45, 7) is 17.5. The van der Waals surface area contributed by atoms with Crippen LogP contribution in [0, 0.1) is 0 Å². The Kier molecular flexibility index (Phi) is 9.33. The molecule has 0 aliphatic carbocycles. The van der Waals surface area contributed by atoms with E-state index < -0.39 is 43.3 Å². The van der Waals surface area contributed by atoms with Crippen LogP contribution in [0.4, 0.5) is 4.79 Å². The minimum absolute atomic E-state index is 0.0345. The fraction of sp³-hybridized carbons (Fsp3) is 0.615. The van der Waals surface area contributed by atoms with E-state index in [-0.39, 0.29) is 19.4 Å². The number of nitrogens with zero attached hydrogens (tertiary/aromatic N) is 2. The highest BCUT2D eigenvalue weighted by atomic mass is 28.3. The molecule has 2 rings (SSSR count). The molecule has 0 fully saturated rings. The van der Waals surface area contributed by atoms with E-state index in [2.05, 4.69) is 29.9 Å². The number of imidazole rings is 1. The van der Waals surface area contributed by atoms with Crippen molar-refractivity contribution in [3.8, 4) is 0 Å². The van der Waals surface area contributed by atoms with E-state index >= 15 is 0 Å². The number of hydrogen-bond donors (Lipinski definition) is 1. The number of alkyl carbamates (subject to hydrolysis) is 1. The van der Waals surface area contributed by atoms with Crippen LogP contribution in [0.2, 0.25) is 25.7 Å². The molecule has 36 heavy (non-hydrogen) atoms. The summed E-state index contributed by atoms with van der Waals surface area (Å²) in [6, 6.07) is 5.33. The van der Waals surface area contributed by atoms with Gasteiger partial charge in [-0.25, -0.2) is 14.6 Å². The summed E-state index contributed by atoms with van der Waals surface area (Å²) < 4.78 is 18.2. The van der Waals surface area contributed by atoms with Crippen molar-refractivity contribution in [2.45, 2.75) is 97.3 Å². The molecule has 0 aromatic carbocycles. The molecule has 1 unspecified atom stereocenters. The zero-order valence-corrected chi connectivity index (χ0v) is 24.1. The first-order valence-electron chi connectivity index (χ1n) is 12.3. The largest absolute Gasteiger partial charge is 0.464 e. The molecule has 2 aromatic heterocycles. The second-order valence-corrected chi connectivity index (χ2v) is 17.7. The van der Waals surface area contributed by atoms with Gasteiger partial charge in [0.25, 0.3) is 0 Å². The van der Waals surface area contributed by atoms with Crippen LogP contribution in [0.25, 0.3) is 5.52 Å². The van der Waals surface area contributed by atoms with Gasteiger partial charge >= 0.3 is 18.0 Å². The number of ether oxygens (including phenoxy) is 3. The van der Waals surface area contributed by atoms with Crippen molar-refractivity contribution in [2.75, 3.05) is 6.61 Å². The van der Waals surface area contributed by atoms with Gasteiger partial charge in [-0.3, -0.25) is 4.79 Å². The van der Waals surface area contributed by atoms with Crippen LogP contribution in [-0.2, 0) is 36.6 Å². The maximum absolute atomic E-state index is 13.0. The Morgan fingerprint density at radius 3 is 2.25 bits per heavy atom. The van der Waals surface area contributed by atoms with E-state index in [1.165, 1.54) is 0 Å². The molecule has 200 valence electrons. The minimum atomic E-state index is -1.41. The summed E-state index contributed by atoms with van der Waals surface area (Å²) in [7, 11) is -1.41. The molecule has 1 amide bonds. The number of hydrogen-bond acceptors (Lipinski definition) is 7. The van der Waals surface area contributed by atoms with Crippen LogP contribution >= 0.6 is 0 Å². The Hall–Kier alpha value is -2.88. The Morgan fingerprint density at radius 2 is 1.67 bits per heavy atom. The number of rotatable bonds is 9. The van der Waals surface area contributed by atoms with Crippen LogP contribution < -0.4 is 5.32 Å².